The van der Waals surface area contributed by atoms with Crippen molar-refractivity contribution in [2.75, 3.05) is 40.3 Å². The van der Waals surface area contributed by atoms with Crippen LogP contribution in [-0.4, -0.2) is 67.3 Å². The van der Waals surface area contributed by atoms with Gasteiger partial charge in [-0.1, -0.05) is 13.0 Å². The number of hydrogen-bond donors (Lipinski definition) is 1. The lowest BCUT2D eigenvalue weighted by Gasteiger charge is -2.24. The average molecular weight is 308 g/mol. The Morgan fingerprint density at radius 1 is 1.23 bits per heavy atom. The standard InChI is InChI=1S/C17H28N2O3/c1-6-19(11-17(21)18(4)5)10-15(20)12-22-16-8-13(2)7-14(3)9-16/h7-9,15,20H,6,10-12H2,1-5H3. The highest BCUT2D eigenvalue weighted by Gasteiger charge is 2.15. The monoisotopic (exact) mass is 308 g/mol. The molecule has 1 aromatic rings. The van der Waals surface area contributed by atoms with E-state index in [0.29, 0.717) is 19.6 Å². The van der Waals surface area contributed by atoms with Gasteiger partial charge in [0.05, 0.1) is 6.54 Å². The average Bonchev–Trinajstić information content (AvgIpc) is 2.43. The zero-order chi connectivity index (χ0) is 16.7. The molecule has 0 heterocycles. The molecule has 0 radical (unpaired) electrons. The molecule has 0 aliphatic carbocycles. The second-order valence-corrected chi connectivity index (χ2v) is 5.90. The number of aliphatic hydroxyl groups excluding tert-OH is 1. The lowest BCUT2D eigenvalue weighted by molar-refractivity contribution is -0.130. The van der Waals surface area contributed by atoms with Crippen LogP contribution in [0.4, 0.5) is 0 Å². The first-order chi connectivity index (χ1) is 10.3. The lowest BCUT2D eigenvalue weighted by atomic mass is 10.1. The molecule has 124 valence electrons. The predicted octanol–water partition coefficient (Wildman–Crippen LogP) is 1.45. The molecule has 0 aliphatic rings. The lowest BCUT2D eigenvalue weighted by Crippen LogP contribution is -2.41. The minimum Gasteiger partial charge on any atom is -0.491 e. The largest absolute Gasteiger partial charge is 0.491 e. The Hall–Kier alpha value is -1.59. The minimum atomic E-state index is -0.629. The van der Waals surface area contributed by atoms with Crippen LogP contribution in [0.3, 0.4) is 0 Å². The number of ether oxygens (including phenoxy) is 1. The molecule has 5 heteroatoms. The van der Waals surface area contributed by atoms with Crippen LogP contribution in [-0.2, 0) is 4.79 Å². The second kappa shape index (κ2) is 8.76. The summed E-state index contributed by atoms with van der Waals surface area (Å²) in [6, 6.07) is 5.98. The number of nitrogens with zero attached hydrogens (tertiary/aromatic N) is 2. The van der Waals surface area contributed by atoms with Gasteiger partial charge < -0.3 is 14.7 Å². The number of aryl methyl sites for hydroxylation is 2. The number of rotatable bonds is 8. The van der Waals surface area contributed by atoms with Crippen LogP contribution < -0.4 is 4.74 Å². The van der Waals surface area contributed by atoms with Crippen LogP contribution in [0, 0.1) is 13.8 Å². The molecular formula is C17H28N2O3. The molecule has 1 aromatic carbocycles. The maximum atomic E-state index is 11.7. The van der Waals surface area contributed by atoms with Crippen LogP contribution in [0.1, 0.15) is 18.1 Å². The zero-order valence-corrected chi connectivity index (χ0v) is 14.3. The third-order valence-corrected chi connectivity index (χ3v) is 3.41. The van der Waals surface area contributed by atoms with Crippen molar-refractivity contribution in [2.24, 2.45) is 0 Å². The molecule has 0 aromatic heterocycles. The molecule has 1 amide bonds. The number of carbonyl (C=O) groups excluding carboxylic acids is 1. The number of benzene rings is 1. The summed E-state index contributed by atoms with van der Waals surface area (Å²) in [5.41, 5.74) is 2.27. The Bertz CT molecular complexity index is 469. The van der Waals surface area contributed by atoms with Crippen LogP contribution in [0.15, 0.2) is 18.2 Å². The topological polar surface area (TPSA) is 53.0 Å². The number of amides is 1. The maximum Gasteiger partial charge on any atom is 0.236 e. The Morgan fingerprint density at radius 3 is 2.32 bits per heavy atom. The van der Waals surface area contributed by atoms with Gasteiger partial charge in [0.1, 0.15) is 18.5 Å². The first kappa shape index (κ1) is 18.5. The van der Waals surface area contributed by atoms with Crippen molar-refractivity contribution >= 4 is 5.91 Å². The van der Waals surface area contributed by atoms with Crippen LogP contribution in [0.5, 0.6) is 5.75 Å². The van der Waals surface area contributed by atoms with E-state index in [1.807, 2.05) is 37.8 Å². The van der Waals surface area contributed by atoms with Crippen molar-refractivity contribution in [3.8, 4) is 5.75 Å². The van der Waals surface area contributed by atoms with Gasteiger partial charge in [-0.25, -0.2) is 0 Å². The first-order valence-corrected chi connectivity index (χ1v) is 7.63. The van der Waals surface area contributed by atoms with Gasteiger partial charge >= 0.3 is 0 Å². The van der Waals surface area contributed by atoms with Crippen molar-refractivity contribution in [2.45, 2.75) is 26.9 Å². The van der Waals surface area contributed by atoms with Crippen molar-refractivity contribution < 1.29 is 14.6 Å². The Labute approximate surface area is 133 Å². The van der Waals surface area contributed by atoms with Gasteiger partial charge in [-0.2, -0.15) is 0 Å². The number of likely N-dealkylation sites (N-methyl/N-ethyl adjacent to an activating group) is 2. The summed E-state index contributed by atoms with van der Waals surface area (Å²) in [7, 11) is 3.46. The van der Waals surface area contributed by atoms with Gasteiger partial charge in [-0.15, -0.1) is 0 Å². The normalized spacial score (nSPS) is 12.3. The van der Waals surface area contributed by atoms with E-state index in [1.54, 1.807) is 19.0 Å². The molecule has 0 saturated carbocycles. The van der Waals surface area contributed by atoms with Gasteiger partial charge in [-0.05, 0) is 43.7 Å². The number of hydrogen-bond acceptors (Lipinski definition) is 4. The molecule has 1 atom stereocenters. The molecule has 0 bridgehead atoms. The van der Waals surface area contributed by atoms with E-state index >= 15 is 0 Å². The van der Waals surface area contributed by atoms with Crippen molar-refractivity contribution in [1.82, 2.24) is 9.80 Å². The molecule has 0 aliphatic heterocycles. The summed E-state index contributed by atoms with van der Waals surface area (Å²) in [5, 5.41) is 10.1. The molecule has 0 saturated heterocycles. The molecule has 1 N–H and O–H groups in total. The maximum absolute atomic E-state index is 11.7. The molecule has 1 unspecified atom stereocenters. The van der Waals surface area contributed by atoms with Gasteiger partial charge in [0.2, 0.25) is 5.91 Å². The van der Waals surface area contributed by atoms with E-state index < -0.39 is 6.10 Å². The Balaban J connectivity index is 2.47. The Kier molecular flexibility index (Phi) is 7.35. The number of carbonyl (C=O) groups is 1. The van der Waals surface area contributed by atoms with Crippen LogP contribution in [0.2, 0.25) is 0 Å². The third kappa shape index (κ3) is 6.45. The fraction of sp³-hybridized carbons (Fsp3) is 0.588. The summed E-state index contributed by atoms with van der Waals surface area (Å²) in [6.45, 7) is 7.66. The van der Waals surface area contributed by atoms with E-state index in [2.05, 4.69) is 6.07 Å². The van der Waals surface area contributed by atoms with E-state index in [0.717, 1.165) is 16.9 Å². The van der Waals surface area contributed by atoms with Crippen molar-refractivity contribution in [1.29, 1.82) is 0 Å². The van der Waals surface area contributed by atoms with Gasteiger partial charge in [0.25, 0.3) is 0 Å². The summed E-state index contributed by atoms with van der Waals surface area (Å²) in [4.78, 5) is 15.2. The fourth-order valence-electron chi connectivity index (χ4n) is 2.20. The van der Waals surface area contributed by atoms with Gasteiger partial charge in [0.15, 0.2) is 0 Å². The van der Waals surface area contributed by atoms with Crippen LogP contribution >= 0.6 is 0 Å². The summed E-state index contributed by atoms with van der Waals surface area (Å²) in [6.07, 6.45) is -0.629. The van der Waals surface area contributed by atoms with E-state index in [-0.39, 0.29) is 12.5 Å². The summed E-state index contributed by atoms with van der Waals surface area (Å²) in [5.74, 6) is 0.799. The molecular weight excluding hydrogens is 280 g/mol. The SMILES string of the molecule is CCN(CC(=O)N(C)C)CC(O)COc1cc(C)cc(C)c1. The molecule has 0 fully saturated rings. The molecule has 5 nitrogen and oxygen atoms in total. The predicted molar refractivity (Wildman–Crippen MR) is 88.2 cm³/mol. The van der Waals surface area contributed by atoms with E-state index in [1.165, 1.54) is 0 Å². The Morgan fingerprint density at radius 2 is 1.82 bits per heavy atom. The molecule has 22 heavy (non-hydrogen) atoms. The quantitative estimate of drug-likeness (QED) is 0.790. The molecule has 0 spiro atoms. The van der Waals surface area contributed by atoms with Gasteiger partial charge in [0, 0.05) is 20.6 Å². The highest BCUT2D eigenvalue weighted by atomic mass is 16.5. The second-order valence-electron chi connectivity index (χ2n) is 5.90. The van der Waals surface area contributed by atoms with E-state index in [9.17, 15) is 9.90 Å². The summed E-state index contributed by atoms with van der Waals surface area (Å²) < 4.78 is 5.66. The van der Waals surface area contributed by atoms with Gasteiger partial charge in [-0.3, -0.25) is 9.69 Å². The van der Waals surface area contributed by atoms with Crippen LogP contribution in [0.25, 0.3) is 0 Å². The van der Waals surface area contributed by atoms with Crippen molar-refractivity contribution in [3.05, 3.63) is 29.3 Å². The number of aliphatic hydroxyl groups is 1. The summed E-state index contributed by atoms with van der Waals surface area (Å²) >= 11 is 0. The highest BCUT2D eigenvalue weighted by molar-refractivity contribution is 5.77. The fourth-order valence-corrected chi connectivity index (χ4v) is 2.20. The highest BCUT2D eigenvalue weighted by Crippen LogP contribution is 2.16. The minimum absolute atomic E-state index is 0.0317. The van der Waals surface area contributed by atoms with E-state index in [4.69, 9.17) is 4.74 Å². The third-order valence-electron chi connectivity index (χ3n) is 3.41. The zero-order valence-electron chi connectivity index (χ0n) is 14.3. The van der Waals surface area contributed by atoms with Crippen molar-refractivity contribution in [3.63, 3.8) is 0 Å². The smallest absolute Gasteiger partial charge is 0.236 e. The first-order valence-electron chi connectivity index (χ1n) is 7.63. The molecule has 1 rings (SSSR count).